The lowest BCUT2D eigenvalue weighted by atomic mass is 10.1. The maximum absolute atomic E-state index is 4.01. The van der Waals surface area contributed by atoms with E-state index in [1.165, 1.54) is 10.8 Å². The number of H-pyrrole nitrogens is 1. The maximum atomic E-state index is 4.01. The van der Waals surface area contributed by atoms with Crippen LogP contribution in [-0.2, 0) is 0 Å². The summed E-state index contributed by atoms with van der Waals surface area (Å²) in [6.45, 7) is 0. The van der Waals surface area contributed by atoms with E-state index in [-0.39, 0.29) is 0 Å². The van der Waals surface area contributed by atoms with E-state index in [1.807, 2.05) is 24.3 Å². The summed E-state index contributed by atoms with van der Waals surface area (Å²) in [5.41, 5.74) is 4.23. The van der Waals surface area contributed by atoms with E-state index in [4.69, 9.17) is 0 Å². The topological polar surface area (TPSA) is 28.7 Å². The van der Waals surface area contributed by atoms with Crippen LogP contribution in [0.1, 0.15) is 11.1 Å². The molecule has 0 atom stereocenters. The minimum absolute atomic E-state index is 0.970. The molecule has 0 fully saturated rings. The van der Waals surface area contributed by atoms with Gasteiger partial charge in [0.1, 0.15) is 0 Å². The molecule has 2 heterocycles. The third-order valence-corrected chi connectivity index (χ3v) is 3.56. The largest absolute Gasteiger partial charge is 0.353 e. The molecular weight excluding hydrogens is 256 g/mol. The summed E-state index contributed by atoms with van der Waals surface area (Å²) >= 11 is 0. The van der Waals surface area contributed by atoms with Crippen molar-refractivity contribution in [3.63, 3.8) is 0 Å². The second-order valence-electron chi connectivity index (χ2n) is 4.88. The Morgan fingerprint density at radius 3 is 2.48 bits per heavy atom. The highest BCUT2D eigenvalue weighted by molar-refractivity contribution is 6.08. The lowest BCUT2D eigenvalue weighted by Crippen LogP contribution is -1.79. The van der Waals surface area contributed by atoms with Gasteiger partial charge in [-0.3, -0.25) is 4.98 Å². The normalized spacial score (nSPS) is 10.5. The molecule has 2 aromatic carbocycles. The number of pyridine rings is 1. The van der Waals surface area contributed by atoms with Gasteiger partial charge in [0.05, 0.1) is 5.52 Å². The Balaban J connectivity index is 1.92. The van der Waals surface area contributed by atoms with Crippen LogP contribution in [0.25, 0.3) is 21.8 Å². The SMILES string of the molecule is C(#Cc1cccc2c1[nH]c1ccccc12)c1ccncc1. The minimum atomic E-state index is 0.970. The molecule has 0 unspecified atom stereocenters. The van der Waals surface area contributed by atoms with Crippen LogP contribution in [0, 0.1) is 11.8 Å². The molecule has 0 aliphatic rings. The second-order valence-corrected chi connectivity index (χ2v) is 4.88. The lowest BCUT2D eigenvalue weighted by Gasteiger charge is -1.94. The van der Waals surface area contributed by atoms with Crippen molar-refractivity contribution in [2.75, 3.05) is 0 Å². The standard InChI is InChI=1S/C19H12N2/c1-2-7-18-16(5-1)17-6-3-4-15(19(17)21-18)9-8-14-10-12-20-13-11-14/h1-7,10-13,21H. The number of fused-ring (bicyclic) bond motifs is 3. The summed E-state index contributed by atoms with van der Waals surface area (Å²) < 4.78 is 0. The van der Waals surface area contributed by atoms with Gasteiger partial charge in [-0.2, -0.15) is 0 Å². The van der Waals surface area contributed by atoms with Crippen LogP contribution in [0.15, 0.2) is 67.0 Å². The van der Waals surface area contributed by atoms with Crippen LogP contribution < -0.4 is 0 Å². The maximum Gasteiger partial charge on any atom is 0.0624 e. The monoisotopic (exact) mass is 268 g/mol. The van der Waals surface area contributed by atoms with Crippen LogP contribution in [0.5, 0.6) is 0 Å². The van der Waals surface area contributed by atoms with Crippen molar-refractivity contribution in [1.82, 2.24) is 9.97 Å². The van der Waals surface area contributed by atoms with Gasteiger partial charge in [0, 0.05) is 39.8 Å². The molecule has 2 heteroatoms. The van der Waals surface area contributed by atoms with E-state index in [0.717, 1.165) is 22.2 Å². The summed E-state index contributed by atoms with van der Waals surface area (Å²) in [7, 11) is 0. The highest BCUT2D eigenvalue weighted by Gasteiger charge is 2.05. The van der Waals surface area contributed by atoms with Gasteiger partial charge in [-0.25, -0.2) is 0 Å². The van der Waals surface area contributed by atoms with Crippen LogP contribution >= 0.6 is 0 Å². The molecule has 0 amide bonds. The van der Waals surface area contributed by atoms with E-state index in [2.05, 4.69) is 52.1 Å². The molecule has 0 spiro atoms. The fraction of sp³-hybridized carbons (Fsp3) is 0. The molecule has 2 nitrogen and oxygen atoms in total. The molecule has 0 aliphatic heterocycles. The number of nitrogens with zero attached hydrogens (tertiary/aromatic N) is 1. The molecule has 0 radical (unpaired) electrons. The Morgan fingerprint density at radius 2 is 1.57 bits per heavy atom. The van der Waals surface area contributed by atoms with Gasteiger partial charge in [-0.05, 0) is 24.3 Å². The minimum Gasteiger partial charge on any atom is -0.353 e. The fourth-order valence-corrected chi connectivity index (χ4v) is 2.55. The molecule has 98 valence electrons. The zero-order chi connectivity index (χ0) is 14.1. The fourth-order valence-electron chi connectivity index (χ4n) is 2.55. The first-order valence-electron chi connectivity index (χ1n) is 6.83. The number of rotatable bonds is 0. The van der Waals surface area contributed by atoms with Crippen LogP contribution in [-0.4, -0.2) is 9.97 Å². The quantitative estimate of drug-likeness (QED) is 0.477. The van der Waals surface area contributed by atoms with Crippen molar-refractivity contribution in [2.24, 2.45) is 0 Å². The third kappa shape index (κ3) is 2.05. The molecule has 1 N–H and O–H groups in total. The Morgan fingerprint density at radius 1 is 0.762 bits per heavy atom. The van der Waals surface area contributed by atoms with E-state index < -0.39 is 0 Å². The van der Waals surface area contributed by atoms with Gasteiger partial charge in [-0.15, -0.1) is 0 Å². The number of aromatic amines is 1. The van der Waals surface area contributed by atoms with Crippen molar-refractivity contribution < 1.29 is 0 Å². The van der Waals surface area contributed by atoms with Gasteiger partial charge in [-0.1, -0.05) is 42.2 Å². The number of para-hydroxylation sites is 2. The first-order valence-corrected chi connectivity index (χ1v) is 6.83. The summed E-state index contributed by atoms with van der Waals surface area (Å²) in [6, 6.07) is 18.4. The summed E-state index contributed by atoms with van der Waals surface area (Å²) in [4.78, 5) is 7.47. The first kappa shape index (κ1) is 11.7. The van der Waals surface area contributed by atoms with Gasteiger partial charge in [0.15, 0.2) is 0 Å². The highest BCUT2D eigenvalue weighted by atomic mass is 14.7. The molecule has 4 aromatic rings. The lowest BCUT2D eigenvalue weighted by molar-refractivity contribution is 1.32. The third-order valence-electron chi connectivity index (χ3n) is 3.56. The predicted molar refractivity (Wildman–Crippen MR) is 86.0 cm³/mol. The van der Waals surface area contributed by atoms with Crippen molar-refractivity contribution >= 4 is 21.8 Å². The van der Waals surface area contributed by atoms with Crippen molar-refractivity contribution in [2.45, 2.75) is 0 Å². The second kappa shape index (κ2) is 4.81. The van der Waals surface area contributed by atoms with E-state index >= 15 is 0 Å². The predicted octanol–water partition coefficient (Wildman–Crippen LogP) is 4.12. The number of hydrogen-bond donors (Lipinski definition) is 1. The number of nitrogens with one attached hydrogen (secondary N) is 1. The Labute approximate surface area is 122 Å². The molecule has 4 rings (SSSR count). The molecule has 0 saturated carbocycles. The first-order chi connectivity index (χ1) is 10.4. The van der Waals surface area contributed by atoms with Crippen molar-refractivity contribution in [3.8, 4) is 11.8 Å². The van der Waals surface area contributed by atoms with Gasteiger partial charge in [0.2, 0.25) is 0 Å². The summed E-state index contributed by atoms with van der Waals surface area (Å²) in [5, 5.41) is 2.45. The smallest absolute Gasteiger partial charge is 0.0624 e. The Kier molecular flexibility index (Phi) is 2.69. The Bertz CT molecular complexity index is 986. The van der Waals surface area contributed by atoms with E-state index in [9.17, 15) is 0 Å². The van der Waals surface area contributed by atoms with E-state index in [0.29, 0.717) is 0 Å². The molecule has 21 heavy (non-hydrogen) atoms. The van der Waals surface area contributed by atoms with Gasteiger partial charge >= 0.3 is 0 Å². The van der Waals surface area contributed by atoms with Crippen LogP contribution in [0.4, 0.5) is 0 Å². The average molecular weight is 268 g/mol. The number of hydrogen-bond acceptors (Lipinski definition) is 1. The number of aromatic nitrogens is 2. The van der Waals surface area contributed by atoms with Crippen LogP contribution in [0.2, 0.25) is 0 Å². The van der Waals surface area contributed by atoms with Crippen molar-refractivity contribution in [3.05, 3.63) is 78.1 Å². The zero-order valence-corrected chi connectivity index (χ0v) is 11.3. The summed E-state index contributed by atoms with van der Waals surface area (Å²) in [5.74, 6) is 6.44. The average Bonchev–Trinajstić information content (AvgIpc) is 2.93. The zero-order valence-electron chi connectivity index (χ0n) is 11.3. The molecule has 0 aliphatic carbocycles. The molecule has 2 aromatic heterocycles. The molecule has 0 bridgehead atoms. The van der Waals surface area contributed by atoms with Crippen LogP contribution in [0.3, 0.4) is 0 Å². The van der Waals surface area contributed by atoms with E-state index in [1.54, 1.807) is 12.4 Å². The summed E-state index contributed by atoms with van der Waals surface area (Å²) in [6.07, 6.45) is 3.51. The van der Waals surface area contributed by atoms with Gasteiger partial charge in [0.25, 0.3) is 0 Å². The van der Waals surface area contributed by atoms with Gasteiger partial charge < -0.3 is 4.98 Å². The highest BCUT2D eigenvalue weighted by Crippen LogP contribution is 2.26. The number of benzene rings is 2. The molecule has 0 saturated heterocycles. The Hall–Kier alpha value is -3.05. The molecular formula is C19H12N2. The van der Waals surface area contributed by atoms with Crippen molar-refractivity contribution in [1.29, 1.82) is 0 Å².